The molecule has 18 heavy (non-hydrogen) atoms. The highest BCUT2D eigenvalue weighted by molar-refractivity contribution is 4.94. The Labute approximate surface area is 119 Å². The van der Waals surface area contributed by atoms with Crippen LogP contribution in [0.15, 0.2) is 24.3 Å². The molecule has 0 saturated carbocycles. The van der Waals surface area contributed by atoms with Crippen LogP contribution >= 0.6 is 0 Å². The van der Waals surface area contributed by atoms with Gasteiger partial charge in [0, 0.05) is 0 Å². The maximum atomic E-state index is 3.36. The van der Waals surface area contributed by atoms with Crippen LogP contribution in [0, 0.1) is 5.92 Å². The summed E-state index contributed by atoms with van der Waals surface area (Å²) in [5, 5.41) is 0. The first-order chi connectivity index (χ1) is 7.58. The van der Waals surface area contributed by atoms with Gasteiger partial charge in [-0.3, -0.25) is 0 Å². The van der Waals surface area contributed by atoms with E-state index in [1.807, 2.05) is 6.92 Å². The minimum atomic E-state index is 0. The molecule has 0 aliphatic carbocycles. The third kappa shape index (κ3) is 29.6. The quantitative estimate of drug-likeness (QED) is 0.328. The van der Waals surface area contributed by atoms with E-state index in [2.05, 4.69) is 40.3 Å². The summed E-state index contributed by atoms with van der Waals surface area (Å²) in [6, 6.07) is 0. The third-order valence-electron chi connectivity index (χ3n) is 2.60. The Hall–Kier alpha value is -0.520. The lowest BCUT2D eigenvalue weighted by Gasteiger charge is -2.04. The van der Waals surface area contributed by atoms with Crippen molar-refractivity contribution < 1.29 is 0 Å². The zero-order valence-corrected chi connectivity index (χ0v) is 12.2. The summed E-state index contributed by atoms with van der Waals surface area (Å²) in [6.45, 7) is 14.2. The van der Waals surface area contributed by atoms with Gasteiger partial charge in [0.25, 0.3) is 0 Å². The molecule has 0 amide bonds. The molecule has 0 aliphatic rings. The highest BCUT2D eigenvalue weighted by Gasteiger charge is 1.94. The number of hydrogen-bond acceptors (Lipinski definition) is 0. The Morgan fingerprint density at radius 1 is 1.00 bits per heavy atom. The summed E-state index contributed by atoms with van der Waals surface area (Å²) in [4.78, 5) is 0. The molecule has 0 saturated heterocycles. The standard InChI is InChI=1S/C13H26.C3H6.2CH4/c1-5-13(4)11-9-7-6-8-10-12(2)3;1-3-2;;/h5,12H,6-11H2,1-4H3;3H,1H2,2H3;2*1H4/b13-5+;;;. The van der Waals surface area contributed by atoms with Gasteiger partial charge in [-0.05, 0) is 39.5 Å². The lowest BCUT2D eigenvalue weighted by Crippen LogP contribution is -1.87. The van der Waals surface area contributed by atoms with Crippen molar-refractivity contribution in [3.63, 3.8) is 0 Å². The molecular weight excluding hydrogens is 216 g/mol. The minimum Gasteiger partial charge on any atom is -0.103 e. The van der Waals surface area contributed by atoms with E-state index in [0.29, 0.717) is 0 Å². The molecule has 0 aromatic heterocycles. The van der Waals surface area contributed by atoms with E-state index >= 15 is 0 Å². The molecule has 0 unspecified atom stereocenters. The van der Waals surface area contributed by atoms with Gasteiger partial charge in [0.15, 0.2) is 0 Å². The second-order valence-corrected chi connectivity index (χ2v) is 4.89. The second-order valence-electron chi connectivity index (χ2n) is 4.89. The van der Waals surface area contributed by atoms with Crippen molar-refractivity contribution in [3.05, 3.63) is 24.3 Å². The fourth-order valence-electron chi connectivity index (χ4n) is 1.45. The number of unbranched alkanes of at least 4 members (excludes halogenated alkanes) is 3. The number of hydrogen-bond donors (Lipinski definition) is 0. The van der Waals surface area contributed by atoms with E-state index in [0.717, 1.165) is 5.92 Å². The van der Waals surface area contributed by atoms with Crippen LogP contribution in [0.5, 0.6) is 0 Å². The maximum absolute atomic E-state index is 3.36. The summed E-state index contributed by atoms with van der Waals surface area (Å²) in [5.41, 5.74) is 1.55. The van der Waals surface area contributed by atoms with Crippen molar-refractivity contribution in [1.82, 2.24) is 0 Å². The monoisotopic (exact) mass is 256 g/mol. The molecule has 0 bridgehead atoms. The Kier molecular flexibility index (Phi) is 31.5. The van der Waals surface area contributed by atoms with Crippen LogP contribution in [0.2, 0.25) is 0 Å². The summed E-state index contributed by atoms with van der Waals surface area (Å²) in [6.07, 6.45) is 12.3. The highest BCUT2D eigenvalue weighted by Crippen LogP contribution is 2.12. The lowest BCUT2D eigenvalue weighted by molar-refractivity contribution is 0.520. The topological polar surface area (TPSA) is 0 Å². The SMILES string of the molecule is C.C.C/C=C(\C)CCCCCCC(C)C.C=CC. The smallest absolute Gasteiger partial charge is 0.0323 e. The fourth-order valence-corrected chi connectivity index (χ4v) is 1.45. The van der Waals surface area contributed by atoms with Crippen LogP contribution in [0.25, 0.3) is 0 Å². The van der Waals surface area contributed by atoms with Gasteiger partial charge in [-0.15, -0.1) is 6.58 Å². The molecule has 112 valence electrons. The molecule has 0 fully saturated rings. The van der Waals surface area contributed by atoms with Crippen molar-refractivity contribution in [3.8, 4) is 0 Å². The molecule has 0 heteroatoms. The van der Waals surface area contributed by atoms with Gasteiger partial charge in [0.2, 0.25) is 0 Å². The molecule has 0 aromatic rings. The molecule has 0 heterocycles. The predicted molar refractivity (Wildman–Crippen MR) is 91.3 cm³/mol. The van der Waals surface area contributed by atoms with Crippen LogP contribution in [-0.2, 0) is 0 Å². The number of allylic oxidation sites excluding steroid dienone is 3. The van der Waals surface area contributed by atoms with E-state index in [1.165, 1.54) is 38.5 Å². The maximum Gasteiger partial charge on any atom is -0.0323 e. The van der Waals surface area contributed by atoms with E-state index in [-0.39, 0.29) is 14.9 Å². The van der Waals surface area contributed by atoms with Crippen molar-refractivity contribution in [2.24, 2.45) is 5.92 Å². The summed E-state index contributed by atoms with van der Waals surface area (Å²) in [7, 11) is 0. The molecule has 0 spiro atoms. The van der Waals surface area contributed by atoms with Crippen molar-refractivity contribution in [2.75, 3.05) is 0 Å². The number of rotatable bonds is 7. The van der Waals surface area contributed by atoms with Crippen molar-refractivity contribution >= 4 is 0 Å². The van der Waals surface area contributed by atoms with E-state index < -0.39 is 0 Å². The van der Waals surface area contributed by atoms with Crippen LogP contribution in [0.4, 0.5) is 0 Å². The van der Waals surface area contributed by atoms with Crippen molar-refractivity contribution in [1.29, 1.82) is 0 Å². The minimum absolute atomic E-state index is 0. The molecule has 0 aromatic carbocycles. The molecule has 0 aliphatic heterocycles. The predicted octanol–water partition coefficient (Wildman–Crippen LogP) is 7.41. The van der Waals surface area contributed by atoms with Gasteiger partial charge >= 0.3 is 0 Å². The zero-order valence-electron chi connectivity index (χ0n) is 12.2. The average molecular weight is 257 g/mol. The van der Waals surface area contributed by atoms with E-state index in [4.69, 9.17) is 0 Å². The van der Waals surface area contributed by atoms with E-state index in [1.54, 1.807) is 11.6 Å². The molecule has 0 nitrogen and oxygen atoms in total. The van der Waals surface area contributed by atoms with Gasteiger partial charge in [-0.2, -0.15) is 0 Å². The molecule has 0 N–H and O–H groups in total. The first-order valence-electron chi connectivity index (χ1n) is 6.77. The summed E-state index contributed by atoms with van der Waals surface area (Å²) < 4.78 is 0. The second kappa shape index (κ2) is 21.7. The van der Waals surface area contributed by atoms with Crippen LogP contribution < -0.4 is 0 Å². The molecular formula is C18H40. The first-order valence-corrected chi connectivity index (χ1v) is 6.77. The third-order valence-corrected chi connectivity index (χ3v) is 2.60. The largest absolute Gasteiger partial charge is 0.103 e. The Bertz CT molecular complexity index is 163. The Morgan fingerprint density at radius 2 is 1.44 bits per heavy atom. The summed E-state index contributed by atoms with van der Waals surface area (Å²) >= 11 is 0. The Morgan fingerprint density at radius 3 is 1.83 bits per heavy atom. The highest BCUT2D eigenvalue weighted by atomic mass is 14.0. The van der Waals surface area contributed by atoms with Gasteiger partial charge < -0.3 is 0 Å². The lowest BCUT2D eigenvalue weighted by atomic mass is 10.0. The van der Waals surface area contributed by atoms with E-state index in [9.17, 15) is 0 Å². The fraction of sp³-hybridized carbons (Fsp3) is 0.778. The first kappa shape index (κ1) is 26.1. The van der Waals surface area contributed by atoms with Gasteiger partial charge in [-0.25, -0.2) is 0 Å². The van der Waals surface area contributed by atoms with Crippen LogP contribution in [0.1, 0.15) is 88.0 Å². The van der Waals surface area contributed by atoms with Gasteiger partial charge in [0.1, 0.15) is 0 Å². The van der Waals surface area contributed by atoms with Gasteiger partial charge in [0.05, 0.1) is 0 Å². The van der Waals surface area contributed by atoms with Crippen LogP contribution in [0.3, 0.4) is 0 Å². The Balaban J connectivity index is -0.000000177. The van der Waals surface area contributed by atoms with Crippen molar-refractivity contribution in [2.45, 2.75) is 88.0 Å². The normalized spacial score (nSPS) is 9.78. The molecule has 0 rings (SSSR count). The zero-order chi connectivity index (χ0) is 12.8. The van der Waals surface area contributed by atoms with Gasteiger partial charge in [-0.1, -0.05) is 72.1 Å². The molecule has 0 radical (unpaired) electrons. The summed E-state index contributed by atoms with van der Waals surface area (Å²) in [5.74, 6) is 0.886. The average Bonchev–Trinajstić information content (AvgIpc) is 2.23. The van der Waals surface area contributed by atoms with Crippen LogP contribution in [-0.4, -0.2) is 0 Å². The molecule has 0 atom stereocenters.